The molecule has 55 heavy (non-hydrogen) atoms. The molecule has 2 aliphatic rings. The van der Waals surface area contributed by atoms with Gasteiger partial charge in [0.1, 0.15) is 6.17 Å². The highest BCUT2D eigenvalue weighted by Crippen LogP contribution is 2.57. The van der Waals surface area contributed by atoms with Gasteiger partial charge in [0.25, 0.3) is 0 Å². The van der Waals surface area contributed by atoms with E-state index in [9.17, 15) is 0 Å². The number of fused-ring (bicyclic) bond motifs is 5. The van der Waals surface area contributed by atoms with E-state index in [1.807, 2.05) is 0 Å². The summed E-state index contributed by atoms with van der Waals surface area (Å²) in [6.07, 6.45) is 1.15. The van der Waals surface area contributed by atoms with E-state index in [2.05, 4.69) is 205 Å². The third-order valence-electron chi connectivity index (χ3n) is 11.7. The first-order valence-corrected chi connectivity index (χ1v) is 19.4. The van der Waals surface area contributed by atoms with Crippen LogP contribution < -0.4 is 10.2 Å². The zero-order valence-electron chi connectivity index (χ0n) is 30.6. The summed E-state index contributed by atoms with van der Waals surface area (Å²) < 4.78 is 0. The molecule has 0 bridgehead atoms. The summed E-state index contributed by atoms with van der Waals surface area (Å²) in [6, 6.07) is 69.5. The maximum Gasteiger partial charge on any atom is 0.104 e. The van der Waals surface area contributed by atoms with Crippen molar-refractivity contribution < 1.29 is 0 Å². The molecule has 1 aliphatic heterocycles. The molecular weight excluding hydrogens is 665 g/mol. The van der Waals surface area contributed by atoms with Crippen LogP contribution in [0.3, 0.4) is 0 Å². The average Bonchev–Trinajstić information content (AvgIpc) is 3.80. The molecule has 11 rings (SSSR count). The number of hydrogen-bond donors (Lipinski definition) is 1. The van der Waals surface area contributed by atoms with Crippen molar-refractivity contribution in [2.45, 2.75) is 19.5 Å². The highest BCUT2D eigenvalue weighted by atomic mass is 15.3. The monoisotopic (exact) mass is 702 g/mol. The minimum atomic E-state index is 0.172. The Morgan fingerprint density at radius 1 is 0.418 bits per heavy atom. The Hall–Kier alpha value is -6.90. The quantitative estimate of drug-likeness (QED) is 0.186. The van der Waals surface area contributed by atoms with Crippen LogP contribution >= 0.6 is 0 Å². The van der Waals surface area contributed by atoms with Gasteiger partial charge in [-0.25, -0.2) is 0 Å². The molecule has 1 atom stereocenters. The molecule has 0 saturated carbocycles. The van der Waals surface area contributed by atoms with Crippen molar-refractivity contribution in [1.82, 2.24) is 0 Å². The minimum Gasteiger partial charge on any atom is -0.363 e. The van der Waals surface area contributed by atoms with Crippen LogP contribution in [0.1, 0.15) is 13.3 Å². The van der Waals surface area contributed by atoms with Gasteiger partial charge in [-0.2, -0.15) is 0 Å². The Balaban J connectivity index is 1.13. The summed E-state index contributed by atoms with van der Waals surface area (Å²) in [5.41, 5.74) is 18.7. The lowest BCUT2D eigenvalue weighted by Crippen LogP contribution is -2.30. The predicted octanol–water partition coefficient (Wildman–Crippen LogP) is 14.6. The normalized spacial score (nSPS) is 13.9. The lowest BCUT2D eigenvalue weighted by molar-refractivity contribution is 0.728. The number of anilines is 3. The molecule has 0 saturated heterocycles. The van der Waals surface area contributed by atoms with Crippen molar-refractivity contribution in [3.05, 3.63) is 188 Å². The molecule has 1 heterocycles. The van der Waals surface area contributed by atoms with Gasteiger partial charge in [0.2, 0.25) is 0 Å². The average molecular weight is 703 g/mol. The molecule has 1 unspecified atom stereocenters. The fourth-order valence-corrected chi connectivity index (χ4v) is 9.19. The lowest BCUT2D eigenvalue weighted by Gasteiger charge is -2.27. The Bertz CT molecular complexity index is 2920. The highest BCUT2D eigenvalue weighted by Gasteiger charge is 2.32. The van der Waals surface area contributed by atoms with Crippen LogP contribution in [0.4, 0.5) is 17.1 Å². The second-order valence-corrected chi connectivity index (χ2v) is 14.8. The Labute approximate surface area is 322 Å². The molecule has 1 N–H and O–H groups in total. The number of nitrogens with one attached hydrogen (secondary N) is 1. The van der Waals surface area contributed by atoms with Gasteiger partial charge < -0.3 is 10.2 Å². The van der Waals surface area contributed by atoms with E-state index >= 15 is 0 Å². The van der Waals surface area contributed by atoms with E-state index in [4.69, 9.17) is 0 Å². The molecule has 260 valence electrons. The van der Waals surface area contributed by atoms with Gasteiger partial charge in [-0.3, -0.25) is 0 Å². The number of hydrogen-bond acceptors (Lipinski definition) is 2. The second-order valence-electron chi connectivity index (χ2n) is 14.8. The van der Waals surface area contributed by atoms with Crippen LogP contribution in [-0.4, -0.2) is 6.17 Å². The van der Waals surface area contributed by atoms with Crippen molar-refractivity contribution in [2.24, 2.45) is 0 Å². The fourth-order valence-electron chi connectivity index (χ4n) is 9.19. The zero-order valence-corrected chi connectivity index (χ0v) is 30.6. The summed E-state index contributed by atoms with van der Waals surface area (Å²) in [6.45, 7) is 2.26. The molecule has 9 aromatic rings. The molecule has 0 radical (unpaired) electrons. The fraction of sp³-hybridized carbons (Fsp3) is 0.0566. The number of nitrogens with zero attached hydrogens (tertiary/aromatic N) is 1. The van der Waals surface area contributed by atoms with Crippen molar-refractivity contribution in [3.63, 3.8) is 0 Å². The Kier molecular flexibility index (Phi) is 7.25. The number of rotatable bonds is 6. The van der Waals surface area contributed by atoms with Gasteiger partial charge >= 0.3 is 0 Å². The van der Waals surface area contributed by atoms with E-state index in [0.29, 0.717) is 0 Å². The highest BCUT2D eigenvalue weighted by molar-refractivity contribution is 6.23. The van der Waals surface area contributed by atoms with Crippen molar-refractivity contribution in [1.29, 1.82) is 0 Å². The largest absolute Gasteiger partial charge is 0.363 e. The first kappa shape index (κ1) is 31.6. The van der Waals surface area contributed by atoms with Gasteiger partial charge in [0.05, 0.1) is 11.4 Å². The summed E-state index contributed by atoms with van der Waals surface area (Å²) in [7, 11) is 0. The van der Waals surface area contributed by atoms with Crippen molar-refractivity contribution in [2.75, 3.05) is 10.2 Å². The standard InChI is InChI=1S/C53H38N2/c1-2-49-54-47-30-27-40(34-13-5-3-6-14-34)32-48(47)55(49)42-28-25-36(26-29-42)45-33-46(41-24-23-35-15-9-10-18-39(35)31-41)52-43-21-11-19-37-20-12-22-44(50(37)43)53(52)51(45)38-16-7-4-8-17-38/h3-33,49,54H,2H2,1H3. The SMILES string of the molecule is CCC1Nc2ccc(-c3ccccc3)cc2N1c1ccc(-c2cc(-c3ccc4ccccc4c3)c3c(c2-c2ccccc2)-c2cccc4cccc-3c24)cc1. The third kappa shape index (κ3) is 5.02. The van der Waals surface area contributed by atoms with Crippen LogP contribution in [0.5, 0.6) is 0 Å². The van der Waals surface area contributed by atoms with Crippen LogP contribution in [0.2, 0.25) is 0 Å². The minimum absolute atomic E-state index is 0.172. The van der Waals surface area contributed by atoms with E-state index in [0.717, 1.165) is 6.42 Å². The Morgan fingerprint density at radius 2 is 1.04 bits per heavy atom. The first-order chi connectivity index (χ1) is 27.2. The maximum atomic E-state index is 3.80. The summed E-state index contributed by atoms with van der Waals surface area (Å²) in [4.78, 5) is 2.48. The molecule has 9 aromatic carbocycles. The maximum absolute atomic E-state index is 3.80. The topological polar surface area (TPSA) is 15.3 Å². The molecule has 0 spiro atoms. The van der Waals surface area contributed by atoms with Gasteiger partial charge in [-0.05, 0) is 131 Å². The van der Waals surface area contributed by atoms with Crippen LogP contribution in [0.15, 0.2) is 188 Å². The zero-order chi connectivity index (χ0) is 36.5. The molecule has 2 nitrogen and oxygen atoms in total. The van der Waals surface area contributed by atoms with Crippen molar-refractivity contribution >= 4 is 38.6 Å². The lowest BCUT2D eigenvalue weighted by atomic mass is 9.82. The first-order valence-electron chi connectivity index (χ1n) is 19.4. The smallest absolute Gasteiger partial charge is 0.104 e. The molecule has 2 heteroatoms. The van der Waals surface area contributed by atoms with Gasteiger partial charge in [0, 0.05) is 5.69 Å². The van der Waals surface area contributed by atoms with E-state index < -0.39 is 0 Å². The summed E-state index contributed by atoms with van der Waals surface area (Å²) in [5.74, 6) is 0. The predicted molar refractivity (Wildman–Crippen MR) is 234 cm³/mol. The van der Waals surface area contributed by atoms with Crippen LogP contribution in [0, 0.1) is 0 Å². The van der Waals surface area contributed by atoms with Gasteiger partial charge in [-0.15, -0.1) is 0 Å². The van der Waals surface area contributed by atoms with Gasteiger partial charge in [-0.1, -0.05) is 159 Å². The van der Waals surface area contributed by atoms with E-state index in [1.54, 1.807) is 0 Å². The van der Waals surface area contributed by atoms with Crippen LogP contribution in [-0.2, 0) is 0 Å². The van der Waals surface area contributed by atoms with E-state index in [1.165, 1.54) is 105 Å². The molecule has 1 aliphatic carbocycles. The Morgan fingerprint density at radius 3 is 1.78 bits per heavy atom. The van der Waals surface area contributed by atoms with Crippen molar-refractivity contribution in [3.8, 4) is 66.8 Å². The summed E-state index contributed by atoms with van der Waals surface area (Å²) >= 11 is 0. The molecule has 0 aromatic heterocycles. The number of benzene rings is 9. The third-order valence-corrected chi connectivity index (χ3v) is 11.7. The molecule has 0 fully saturated rings. The van der Waals surface area contributed by atoms with Gasteiger partial charge in [0.15, 0.2) is 0 Å². The van der Waals surface area contributed by atoms with Crippen LogP contribution in [0.25, 0.3) is 88.3 Å². The summed E-state index contributed by atoms with van der Waals surface area (Å²) in [5, 5.41) is 8.92. The molecular formula is C53H38N2. The second kappa shape index (κ2) is 12.6. The van der Waals surface area contributed by atoms with E-state index in [-0.39, 0.29) is 6.17 Å². The molecule has 0 amide bonds.